The SMILES string of the molecule is COc1ccc(-n2c(-c3ccc(N4c5ccccc5C(C)(C)c5ccccc54)cc3)nc3c4ccc5ccccc5c4ccc32)cc1. The van der Waals surface area contributed by atoms with Crippen molar-refractivity contribution in [2.45, 2.75) is 19.3 Å². The quantitative estimate of drug-likeness (QED) is 0.186. The van der Waals surface area contributed by atoms with E-state index in [1.165, 1.54) is 38.7 Å². The van der Waals surface area contributed by atoms with Gasteiger partial charge in [0, 0.05) is 27.7 Å². The van der Waals surface area contributed by atoms with E-state index in [0.29, 0.717) is 0 Å². The number of fused-ring (bicyclic) bond motifs is 7. The van der Waals surface area contributed by atoms with Crippen LogP contribution in [-0.2, 0) is 5.41 Å². The fourth-order valence-corrected chi connectivity index (χ4v) is 7.52. The van der Waals surface area contributed by atoms with Crippen LogP contribution in [0.4, 0.5) is 17.1 Å². The van der Waals surface area contributed by atoms with E-state index in [0.717, 1.165) is 44.9 Å². The summed E-state index contributed by atoms with van der Waals surface area (Å²) in [5, 5.41) is 4.83. The number of hydrogen-bond donors (Lipinski definition) is 0. The predicted molar refractivity (Wildman–Crippen MR) is 195 cm³/mol. The summed E-state index contributed by atoms with van der Waals surface area (Å²) >= 11 is 0. The Bertz CT molecular complexity index is 2420. The van der Waals surface area contributed by atoms with E-state index in [-0.39, 0.29) is 5.41 Å². The van der Waals surface area contributed by atoms with Gasteiger partial charge in [-0.25, -0.2) is 4.98 Å². The highest BCUT2D eigenvalue weighted by atomic mass is 16.5. The van der Waals surface area contributed by atoms with Crippen LogP contribution in [0.5, 0.6) is 5.75 Å². The zero-order chi connectivity index (χ0) is 31.7. The Morgan fingerprint density at radius 3 is 1.87 bits per heavy atom. The second-order valence-corrected chi connectivity index (χ2v) is 12.8. The van der Waals surface area contributed by atoms with Crippen molar-refractivity contribution in [2.24, 2.45) is 0 Å². The van der Waals surface area contributed by atoms with Crippen LogP contribution < -0.4 is 9.64 Å². The molecular weight excluding hydrogens is 574 g/mol. The number of benzene rings is 7. The van der Waals surface area contributed by atoms with Crippen LogP contribution in [0.3, 0.4) is 0 Å². The Hall–Kier alpha value is -5.87. The van der Waals surface area contributed by atoms with E-state index in [4.69, 9.17) is 9.72 Å². The van der Waals surface area contributed by atoms with E-state index in [1.807, 2.05) is 12.1 Å². The first-order chi connectivity index (χ1) is 23.0. The standard InChI is InChI=1S/C43H33N3O/c1-43(2)36-12-6-8-14-38(36)45(39-15-9-7-13-37(39)43)30-19-16-29(17-20-30)42-44-41-35-25-18-28-10-4-5-11-33(28)34(35)26-27-40(41)46(42)31-21-23-32(47-3)24-22-31/h4-27H,1-3H3. The highest BCUT2D eigenvalue weighted by Gasteiger charge is 2.36. The van der Waals surface area contributed by atoms with Gasteiger partial charge >= 0.3 is 0 Å². The summed E-state index contributed by atoms with van der Waals surface area (Å²) in [4.78, 5) is 7.78. The molecule has 0 unspecified atom stereocenters. The van der Waals surface area contributed by atoms with Gasteiger partial charge in [0.2, 0.25) is 0 Å². The minimum absolute atomic E-state index is 0.0963. The Morgan fingerprint density at radius 2 is 1.17 bits per heavy atom. The molecule has 1 aliphatic heterocycles. The summed E-state index contributed by atoms with van der Waals surface area (Å²) in [6, 6.07) is 52.1. The molecule has 0 saturated heterocycles. The van der Waals surface area contributed by atoms with Gasteiger partial charge in [0.25, 0.3) is 0 Å². The number of ether oxygens (including phenoxy) is 1. The van der Waals surface area contributed by atoms with Crippen molar-refractivity contribution < 1.29 is 4.74 Å². The Balaban J connectivity index is 1.24. The zero-order valence-electron chi connectivity index (χ0n) is 26.6. The molecule has 0 bridgehead atoms. The molecule has 226 valence electrons. The van der Waals surface area contributed by atoms with Gasteiger partial charge in [-0.2, -0.15) is 0 Å². The molecule has 0 fully saturated rings. The molecule has 7 aromatic carbocycles. The molecule has 0 N–H and O–H groups in total. The first-order valence-electron chi connectivity index (χ1n) is 16.1. The van der Waals surface area contributed by atoms with Crippen molar-refractivity contribution >= 4 is 49.6 Å². The van der Waals surface area contributed by atoms with Gasteiger partial charge in [-0.3, -0.25) is 4.57 Å². The van der Waals surface area contributed by atoms with Crippen LogP contribution in [0.1, 0.15) is 25.0 Å². The Morgan fingerprint density at radius 1 is 0.553 bits per heavy atom. The Kier molecular flexibility index (Phi) is 6.03. The summed E-state index contributed by atoms with van der Waals surface area (Å²) < 4.78 is 7.76. The maximum absolute atomic E-state index is 5.49. The molecule has 9 rings (SSSR count). The van der Waals surface area contributed by atoms with E-state index in [9.17, 15) is 0 Å². The van der Waals surface area contributed by atoms with E-state index >= 15 is 0 Å². The molecule has 4 nitrogen and oxygen atoms in total. The minimum atomic E-state index is -0.0963. The molecule has 0 amide bonds. The van der Waals surface area contributed by atoms with Gasteiger partial charge in [-0.1, -0.05) is 92.7 Å². The van der Waals surface area contributed by atoms with Crippen LogP contribution in [0.15, 0.2) is 146 Å². The third-order valence-corrected chi connectivity index (χ3v) is 9.90. The summed E-state index contributed by atoms with van der Waals surface area (Å²) in [7, 11) is 1.70. The van der Waals surface area contributed by atoms with Crippen LogP contribution in [0, 0.1) is 0 Å². The van der Waals surface area contributed by atoms with Gasteiger partial charge in [0.05, 0.1) is 29.5 Å². The first kappa shape index (κ1) is 27.4. The lowest BCUT2D eigenvalue weighted by Gasteiger charge is -2.42. The van der Waals surface area contributed by atoms with Crippen LogP contribution in [0.2, 0.25) is 0 Å². The molecule has 0 radical (unpaired) electrons. The number of imidazole rings is 1. The third kappa shape index (κ3) is 4.11. The Labute approximate surface area is 274 Å². The van der Waals surface area contributed by atoms with E-state index < -0.39 is 0 Å². The second kappa shape index (κ2) is 10.3. The predicted octanol–water partition coefficient (Wildman–Crippen LogP) is 11.1. The van der Waals surface area contributed by atoms with Crippen molar-refractivity contribution in [3.05, 3.63) is 157 Å². The lowest BCUT2D eigenvalue weighted by atomic mass is 9.73. The van der Waals surface area contributed by atoms with Gasteiger partial charge in [0.15, 0.2) is 0 Å². The summed E-state index contributed by atoms with van der Waals surface area (Å²) in [5.74, 6) is 1.73. The molecule has 2 heterocycles. The zero-order valence-corrected chi connectivity index (χ0v) is 26.6. The second-order valence-electron chi connectivity index (χ2n) is 12.8. The van der Waals surface area contributed by atoms with E-state index in [2.05, 4.69) is 157 Å². The van der Waals surface area contributed by atoms with Crippen molar-refractivity contribution in [3.8, 4) is 22.8 Å². The van der Waals surface area contributed by atoms with Gasteiger partial charge in [-0.15, -0.1) is 0 Å². The first-order valence-corrected chi connectivity index (χ1v) is 16.1. The monoisotopic (exact) mass is 607 g/mol. The average Bonchev–Trinajstić information content (AvgIpc) is 3.52. The molecule has 4 heteroatoms. The largest absolute Gasteiger partial charge is 0.497 e. The lowest BCUT2D eigenvalue weighted by Crippen LogP contribution is -2.30. The molecule has 0 aliphatic carbocycles. The number of para-hydroxylation sites is 2. The minimum Gasteiger partial charge on any atom is -0.497 e. The summed E-state index contributed by atoms with van der Waals surface area (Å²) in [5.41, 5.74) is 10.2. The average molecular weight is 608 g/mol. The van der Waals surface area contributed by atoms with Crippen LogP contribution >= 0.6 is 0 Å². The van der Waals surface area contributed by atoms with Gasteiger partial charge in [0.1, 0.15) is 11.6 Å². The fraction of sp³-hybridized carbons (Fsp3) is 0.0930. The van der Waals surface area contributed by atoms with Crippen molar-refractivity contribution in [1.82, 2.24) is 9.55 Å². The number of rotatable bonds is 4. The van der Waals surface area contributed by atoms with Crippen molar-refractivity contribution in [1.29, 1.82) is 0 Å². The maximum Gasteiger partial charge on any atom is 0.145 e. The summed E-state index contributed by atoms with van der Waals surface area (Å²) in [6.07, 6.45) is 0. The molecular formula is C43H33N3O. The number of hydrogen-bond acceptors (Lipinski definition) is 3. The number of anilines is 3. The number of methoxy groups -OCH3 is 1. The lowest BCUT2D eigenvalue weighted by molar-refractivity contribution is 0.415. The number of aromatic nitrogens is 2. The van der Waals surface area contributed by atoms with Crippen molar-refractivity contribution in [2.75, 3.05) is 12.0 Å². The van der Waals surface area contributed by atoms with Crippen molar-refractivity contribution in [3.63, 3.8) is 0 Å². The number of nitrogens with zero attached hydrogens (tertiary/aromatic N) is 3. The van der Waals surface area contributed by atoms with E-state index in [1.54, 1.807) is 7.11 Å². The normalized spacial score (nSPS) is 13.6. The van der Waals surface area contributed by atoms with Crippen LogP contribution in [0.25, 0.3) is 49.7 Å². The highest BCUT2D eigenvalue weighted by Crippen LogP contribution is 2.51. The molecule has 0 spiro atoms. The molecule has 0 atom stereocenters. The molecule has 47 heavy (non-hydrogen) atoms. The smallest absolute Gasteiger partial charge is 0.145 e. The highest BCUT2D eigenvalue weighted by molar-refractivity contribution is 6.16. The molecule has 8 aromatic rings. The third-order valence-electron chi connectivity index (χ3n) is 9.90. The fourth-order valence-electron chi connectivity index (χ4n) is 7.52. The molecule has 1 aromatic heterocycles. The summed E-state index contributed by atoms with van der Waals surface area (Å²) in [6.45, 7) is 4.64. The van der Waals surface area contributed by atoms with Gasteiger partial charge in [-0.05, 0) is 94.0 Å². The molecule has 0 saturated carbocycles. The maximum atomic E-state index is 5.49. The van der Waals surface area contributed by atoms with Gasteiger partial charge < -0.3 is 9.64 Å². The topological polar surface area (TPSA) is 30.3 Å². The van der Waals surface area contributed by atoms with Crippen LogP contribution in [-0.4, -0.2) is 16.7 Å². The molecule has 1 aliphatic rings.